The molecule has 0 aliphatic heterocycles. The molecule has 2 N–H and O–H groups in total. The topological polar surface area (TPSA) is 89.5 Å². The minimum absolute atomic E-state index is 0.0162. The van der Waals surface area contributed by atoms with Gasteiger partial charge in [0.15, 0.2) is 11.6 Å². The number of aryl methyl sites for hydroxylation is 2. The highest BCUT2D eigenvalue weighted by Gasteiger charge is 2.29. The number of hydrogen-bond donors (Lipinski definition) is 2. The lowest BCUT2D eigenvalue weighted by molar-refractivity contribution is 0.0195. The largest absolute Gasteiger partial charge is 0.479 e. The highest BCUT2D eigenvalue weighted by atomic mass is 19.1. The van der Waals surface area contributed by atoms with Crippen LogP contribution in [0.2, 0.25) is 0 Å². The van der Waals surface area contributed by atoms with Crippen molar-refractivity contribution in [2.24, 2.45) is 0 Å². The van der Waals surface area contributed by atoms with Gasteiger partial charge >= 0.3 is 0 Å². The lowest BCUT2D eigenvalue weighted by atomic mass is 9.84. The second-order valence-corrected chi connectivity index (χ2v) is 9.33. The number of methoxy groups -OCH3 is 1. The number of benzene rings is 1. The number of imidazole rings is 1. The molecular weight excluding hydrogens is 461 g/mol. The Labute approximate surface area is 199 Å². The monoisotopic (exact) mass is 488 g/mol. The molecule has 0 saturated heterocycles. The van der Waals surface area contributed by atoms with Gasteiger partial charge in [-0.05, 0) is 57.2 Å². The molecule has 0 bridgehead atoms. The Morgan fingerprint density at radius 3 is 2.63 bits per heavy atom. The van der Waals surface area contributed by atoms with Crippen LogP contribution in [0.25, 0.3) is 27.7 Å². The van der Waals surface area contributed by atoms with Gasteiger partial charge in [0.25, 0.3) is 0 Å². The van der Waals surface area contributed by atoms with Crippen LogP contribution in [0, 0.1) is 18.6 Å². The highest BCUT2D eigenvalue weighted by Crippen LogP contribution is 2.37. The molecule has 0 amide bonds. The Hall–Kier alpha value is -3.34. The van der Waals surface area contributed by atoms with Gasteiger partial charge in [-0.2, -0.15) is 4.98 Å². The Morgan fingerprint density at radius 2 is 1.94 bits per heavy atom. The van der Waals surface area contributed by atoms with E-state index in [1.54, 1.807) is 17.6 Å². The number of aromatic nitrogens is 5. The summed E-state index contributed by atoms with van der Waals surface area (Å²) >= 11 is 0. The lowest BCUT2D eigenvalue weighted by Gasteiger charge is -2.33. The molecule has 186 valence electrons. The summed E-state index contributed by atoms with van der Waals surface area (Å²) in [6.45, 7) is 2.87. The maximum absolute atomic E-state index is 15.3. The predicted molar refractivity (Wildman–Crippen MR) is 125 cm³/mol. The molecule has 35 heavy (non-hydrogen) atoms. The Balaban J connectivity index is 1.58. The maximum Gasteiger partial charge on any atom is 0.244 e. The van der Waals surface area contributed by atoms with Gasteiger partial charge < -0.3 is 19.7 Å². The molecule has 1 aliphatic carbocycles. The van der Waals surface area contributed by atoms with E-state index in [1.807, 2.05) is 6.92 Å². The summed E-state index contributed by atoms with van der Waals surface area (Å²) in [7, 11) is 1.42. The molecule has 8 nitrogen and oxygen atoms in total. The first kappa shape index (κ1) is 23.4. The average Bonchev–Trinajstić information content (AvgIpc) is 3.31. The van der Waals surface area contributed by atoms with E-state index < -0.39 is 23.9 Å². The maximum atomic E-state index is 15.3. The van der Waals surface area contributed by atoms with Crippen molar-refractivity contribution in [2.45, 2.75) is 57.7 Å². The molecule has 3 aromatic heterocycles. The lowest BCUT2D eigenvalue weighted by Crippen LogP contribution is -2.36. The molecule has 0 radical (unpaired) electrons. The van der Waals surface area contributed by atoms with Crippen LogP contribution in [0.3, 0.4) is 0 Å². The van der Waals surface area contributed by atoms with E-state index in [-0.39, 0.29) is 46.6 Å². The number of halogens is 3. The van der Waals surface area contributed by atoms with Crippen molar-refractivity contribution in [3.05, 3.63) is 35.8 Å². The summed E-state index contributed by atoms with van der Waals surface area (Å²) in [6.07, 6.45) is 3.98. The fourth-order valence-electron chi connectivity index (χ4n) is 4.87. The van der Waals surface area contributed by atoms with Gasteiger partial charge in [-0.3, -0.25) is 0 Å². The quantitative estimate of drug-likeness (QED) is 0.418. The normalized spacial score (nSPS) is 20.6. The molecule has 3 heterocycles. The molecule has 0 atom stereocenters. The van der Waals surface area contributed by atoms with Crippen LogP contribution >= 0.6 is 0 Å². The SMILES string of the molecule is COc1nc(NC2CCC(C)(O)CC2)nn2cc(F)c(-c3cc(F)c4nc(C)n(CCF)c4c3)c12. The minimum Gasteiger partial charge on any atom is -0.479 e. The first-order valence-corrected chi connectivity index (χ1v) is 11.6. The van der Waals surface area contributed by atoms with Crippen LogP contribution in [-0.4, -0.2) is 54.7 Å². The van der Waals surface area contributed by atoms with Crippen LogP contribution in [0.15, 0.2) is 18.3 Å². The Kier molecular flexibility index (Phi) is 5.82. The third-order valence-electron chi connectivity index (χ3n) is 6.74. The number of nitrogens with one attached hydrogen (secondary N) is 1. The van der Waals surface area contributed by atoms with E-state index in [9.17, 15) is 13.9 Å². The third kappa shape index (κ3) is 4.18. The number of ether oxygens (including phenoxy) is 1. The van der Waals surface area contributed by atoms with E-state index in [1.165, 1.54) is 23.9 Å². The van der Waals surface area contributed by atoms with Gasteiger partial charge in [-0.15, -0.1) is 5.10 Å². The average molecular weight is 489 g/mol. The minimum atomic E-state index is -0.673. The summed E-state index contributed by atoms with van der Waals surface area (Å²) in [5.41, 5.74) is 0.369. The standard InChI is InChI=1S/C24H27F3N6O2/c1-13-28-20-16(26)10-14(11-18(20)32(13)9-8-25)19-17(27)12-33-21(19)22(35-3)30-23(31-33)29-15-4-6-24(2,34)7-5-15/h10-12,15,34H,4-9H2,1-3H3,(H,29,31). The summed E-state index contributed by atoms with van der Waals surface area (Å²) in [4.78, 5) is 8.63. The van der Waals surface area contributed by atoms with Gasteiger partial charge in [-0.1, -0.05) is 0 Å². The number of fused-ring (bicyclic) bond motifs is 2. The van der Waals surface area contributed by atoms with Crippen molar-refractivity contribution in [1.82, 2.24) is 24.1 Å². The van der Waals surface area contributed by atoms with Crippen molar-refractivity contribution in [1.29, 1.82) is 0 Å². The Bertz CT molecular complexity index is 1400. The first-order chi connectivity index (χ1) is 16.7. The van der Waals surface area contributed by atoms with Crippen LogP contribution < -0.4 is 10.1 Å². The summed E-state index contributed by atoms with van der Waals surface area (Å²) in [5, 5.41) is 17.8. The summed E-state index contributed by atoms with van der Waals surface area (Å²) in [5.74, 6) is -0.408. The van der Waals surface area contributed by atoms with Crippen LogP contribution in [0.1, 0.15) is 38.4 Å². The molecule has 1 aromatic carbocycles. The third-order valence-corrected chi connectivity index (χ3v) is 6.74. The number of hydrogen-bond acceptors (Lipinski definition) is 6. The molecule has 1 saturated carbocycles. The van der Waals surface area contributed by atoms with Crippen LogP contribution in [0.4, 0.5) is 19.1 Å². The molecule has 4 aromatic rings. The predicted octanol–water partition coefficient (Wildman–Crippen LogP) is 4.42. The van der Waals surface area contributed by atoms with Crippen LogP contribution in [0.5, 0.6) is 5.88 Å². The van der Waals surface area contributed by atoms with Crippen molar-refractivity contribution in [2.75, 3.05) is 19.1 Å². The number of nitrogens with zero attached hydrogens (tertiary/aromatic N) is 5. The number of aliphatic hydroxyl groups is 1. The van der Waals surface area contributed by atoms with Gasteiger partial charge in [0, 0.05) is 6.04 Å². The smallest absolute Gasteiger partial charge is 0.244 e. The van der Waals surface area contributed by atoms with E-state index in [0.29, 0.717) is 24.2 Å². The number of anilines is 1. The number of rotatable bonds is 6. The molecule has 1 aliphatic rings. The van der Waals surface area contributed by atoms with E-state index >= 15 is 4.39 Å². The van der Waals surface area contributed by atoms with E-state index in [2.05, 4.69) is 20.4 Å². The number of alkyl halides is 1. The van der Waals surface area contributed by atoms with Gasteiger partial charge in [0.05, 0.1) is 36.5 Å². The second-order valence-electron chi connectivity index (χ2n) is 9.33. The fourth-order valence-corrected chi connectivity index (χ4v) is 4.87. The van der Waals surface area contributed by atoms with Gasteiger partial charge in [-0.25, -0.2) is 22.7 Å². The van der Waals surface area contributed by atoms with Crippen molar-refractivity contribution in [3.8, 4) is 17.0 Å². The van der Waals surface area contributed by atoms with Crippen LogP contribution in [-0.2, 0) is 6.54 Å². The molecule has 11 heteroatoms. The van der Waals surface area contributed by atoms with Crippen molar-refractivity contribution >= 4 is 22.5 Å². The summed E-state index contributed by atoms with van der Waals surface area (Å²) < 4.78 is 51.7. The zero-order valence-electron chi connectivity index (χ0n) is 19.8. The fraction of sp³-hybridized carbons (Fsp3) is 0.458. The molecule has 5 rings (SSSR count). The Morgan fingerprint density at radius 1 is 1.20 bits per heavy atom. The van der Waals surface area contributed by atoms with Crippen molar-refractivity contribution < 1.29 is 23.0 Å². The molecular formula is C24H27F3N6O2. The summed E-state index contributed by atoms with van der Waals surface area (Å²) in [6, 6.07) is 2.85. The molecule has 0 unspecified atom stereocenters. The first-order valence-electron chi connectivity index (χ1n) is 11.6. The highest BCUT2D eigenvalue weighted by molar-refractivity contribution is 5.90. The molecule has 1 fully saturated rings. The second kappa shape index (κ2) is 8.71. The van der Waals surface area contributed by atoms with E-state index in [0.717, 1.165) is 12.8 Å². The zero-order valence-corrected chi connectivity index (χ0v) is 19.8. The van der Waals surface area contributed by atoms with Crippen molar-refractivity contribution in [3.63, 3.8) is 0 Å². The molecule has 0 spiro atoms. The zero-order chi connectivity index (χ0) is 24.9. The van der Waals surface area contributed by atoms with Gasteiger partial charge in [0.2, 0.25) is 11.8 Å². The van der Waals surface area contributed by atoms with E-state index in [4.69, 9.17) is 4.74 Å². The van der Waals surface area contributed by atoms with Gasteiger partial charge in [0.1, 0.15) is 23.5 Å².